The van der Waals surface area contributed by atoms with Crippen LogP contribution in [0.25, 0.3) is 0 Å². The van der Waals surface area contributed by atoms with Gasteiger partial charge in [-0.25, -0.2) is 0 Å². The minimum Gasteiger partial charge on any atom is -0.369 e. The number of benzene rings is 2. The Balaban J connectivity index is 1.33. The Morgan fingerprint density at radius 3 is 2.50 bits per heavy atom. The third-order valence-electron chi connectivity index (χ3n) is 6.08. The monoisotopic (exact) mass is 503 g/mol. The van der Waals surface area contributed by atoms with Gasteiger partial charge in [-0.1, -0.05) is 41.4 Å². The number of halogens is 2. The average molecular weight is 504 g/mol. The highest BCUT2D eigenvalue weighted by Crippen LogP contribution is 2.22. The van der Waals surface area contributed by atoms with Crippen molar-refractivity contribution in [1.82, 2.24) is 15.1 Å². The lowest BCUT2D eigenvalue weighted by atomic mass is 10.1. The summed E-state index contributed by atoms with van der Waals surface area (Å²) in [5.74, 6) is -0.843. The summed E-state index contributed by atoms with van der Waals surface area (Å²) in [5, 5.41) is 6.60. The first kappa shape index (κ1) is 24.3. The fourth-order valence-electron chi connectivity index (χ4n) is 4.27. The molecule has 180 valence electrons. The van der Waals surface area contributed by atoms with Crippen LogP contribution in [0.5, 0.6) is 0 Å². The summed E-state index contributed by atoms with van der Waals surface area (Å²) in [6, 6.07) is 13.8. The number of hydrogen-bond donors (Lipinski definition) is 2. The fourth-order valence-corrected chi connectivity index (χ4v) is 4.64. The predicted molar refractivity (Wildman–Crippen MR) is 133 cm³/mol. The van der Waals surface area contributed by atoms with Crippen LogP contribution in [-0.2, 0) is 14.4 Å². The molecule has 34 heavy (non-hydrogen) atoms. The topological polar surface area (TPSA) is 85.0 Å². The molecule has 4 rings (SSSR count). The van der Waals surface area contributed by atoms with Crippen LogP contribution in [0.1, 0.15) is 6.42 Å². The maximum Gasteiger partial charge on any atom is 0.243 e. The van der Waals surface area contributed by atoms with E-state index in [0.717, 1.165) is 31.9 Å². The van der Waals surface area contributed by atoms with E-state index in [-0.39, 0.29) is 30.7 Å². The van der Waals surface area contributed by atoms with Crippen molar-refractivity contribution in [1.29, 1.82) is 0 Å². The van der Waals surface area contributed by atoms with E-state index in [1.54, 1.807) is 24.3 Å². The molecule has 0 bridgehead atoms. The van der Waals surface area contributed by atoms with Crippen molar-refractivity contribution in [3.63, 3.8) is 0 Å². The number of para-hydroxylation sites is 1. The van der Waals surface area contributed by atoms with Gasteiger partial charge in [-0.15, -0.1) is 0 Å². The Morgan fingerprint density at radius 1 is 1.00 bits per heavy atom. The van der Waals surface area contributed by atoms with Crippen molar-refractivity contribution in [2.75, 3.05) is 56.0 Å². The molecular weight excluding hydrogens is 477 g/mol. The lowest BCUT2D eigenvalue weighted by molar-refractivity contribution is -0.145. The maximum atomic E-state index is 13.1. The average Bonchev–Trinajstić information content (AvgIpc) is 2.82. The molecule has 2 aliphatic rings. The van der Waals surface area contributed by atoms with E-state index in [9.17, 15) is 14.4 Å². The summed E-state index contributed by atoms with van der Waals surface area (Å²) in [4.78, 5) is 44.1. The zero-order valence-corrected chi connectivity index (χ0v) is 20.2. The molecule has 0 unspecified atom stereocenters. The van der Waals surface area contributed by atoms with Gasteiger partial charge in [0.2, 0.25) is 17.7 Å². The highest BCUT2D eigenvalue weighted by Gasteiger charge is 2.35. The van der Waals surface area contributed by atoms with Gasteiger partial charge < -0.3 is 20.4 Å². The Hall–Kier alpha value is -2.81. The second kappa shape index (κ2) is 11.1. The minimum absolute atomic E-state index is 0.134. The van der Waals surface area contributed by atoms with Crippen molar-refractivity contribution >= 4 is 52.3 Å². The number of piperazine rings is 2. The Labute approximate surface area is 208 Å². The van der Waals surface area contributed by atoms with Gasteiger partial charge in [0, 0.05) is 50.0 Å². The lowest BCUT2D eigenvalue weighted by Gasteiger charge is -2.39. The minimum atomic E-state index is -0.850. The molecule has 0 spiro atoms. The van der Waals surface area contributed by atoms with Crippen LogP contribution in [0, 0.1) is 0 Å². The van der Waals surface area contributed by atoms with Gasteiger partial charge in [-0.3, -0.25) is 19.3 Å². The second-order valence-electron chi connectivity index (χ2n) is 8.37. The van der Waals surface area contributed by atoms with Gasteiger partial charge in [-0.2, -0.15) is 0 Å². The number of carbonyl (C=O) groups is 3. The van der Waals surface area contributed by atoms with Crippen LogP contribution < -0.4 is 15.5 Å². The lowest BCUT2D eigenvalue weighted by Crippen LogP contribution is -2.60. The highest BCUT2D eigenvalue weighted by atomic mass is 35.5. The standard InChI is InChI=1S/C24H27Cl2N5O3/c25-17-4-3-5-18(14-17)30-12-10-29(11-13-30)16-23(33)31-9-8-27-24(34)21(31)15-22(32)28-20-7-2-1-6-19(20)26/h1-7,14,21H,8-13,15-16H2,(H,27,34)(H,28,32)/t21-/m1/s1. The van der Waals surface area contributed by atoms with Crippen molar-refractivity contribution in [3.8, 4) is 0 Å². The first-order valence-corrected chi connectivity index (χ1v) is 12.0. The van der Waals surface area contributed by atoms with Crippen LogP contribution in [0.4, 0.5) is 11.4 Å². The number of carbonyl (C=O) groups excluding carboxylic acids is 3. The van der Waals surface area contributed by atoms with Crippen molar-refractivity contribution in [2.45, 2.75) is 12.5 Å². The van der Waals surface area contributed by atoms with Gasteiger partial charge >= 0.3 is 0 Å². The Morgan fingerprint density at radius 2 is 1.76 bits per heavy atom. The van der Waals surface area contributed by atoms with Crippen molar-refractivity contribution in [2.24, 2.45) is 0 Å². The molecule has 3 amide bonds. The molecule has 2 N–H and O–H groups in total. The molecule has 1 atom stereocenters. The molecule has 0 radical (unpaired) electrons. The molecular formula is C24H27Cl2N5O3. The third kappa shape index (κ3) is 6.00. The number of nitrogens with one attached hydrogen (secondary N) is 2. The van der Waals surface area contributed by atoms with E-state index in [1.807, 2.05) is 24.3 Å². The van der Waals surface area contributed by atoms with Crippen LogP contribution in [-0.4, -0.2) is 79.4 Å². The highest BCUT2D eigenvalue weighted by molar-refractivity contribution is 6.33. The molecule has 0 aromatic heterocycles. The van der Waals surface area contributed by atoms with Crippen molar-refractivity contribution < 1.29 is 14.4 Å². The Bertz CT molecular complexity index is 1060. The molecule has 2 aromatic rings. The van der Waals surface area contributed by atoms with Crippen LogP contribution in [0.3, 0.4) is 0 Å². The summed E-state index contributed by atoms with van der Waals surface area (Å²) in [6.07, 6.45) is -0.134. The third-order valence-corrected chi connectivity index (χ3v) is 6.65. The largest absolute Gasteiger partial charge is 0.369 e. The van der Waals surface area contributed by atoms with Gasteiger partial charge in [0.25, 0.3) is 0 Å². The van der Waals surface area contributed by atoms with E-state index < -0.39 is 6.04 Å². The van der Waals surface area contributed by atoms with E-state index >= 15 is 0 Å². The molecule has 2 aliphatic heterocycles. The smallest absolute Gasteiger partial charge is 0.243 e. The predicted octanol–water partition coefficient (Wildman–Crippen LogP) is 2.47. The number of rotatable bonds is 6. The van der Waals surface area contributed by atoms with Crippen LogP contribution >= 0.6 is 23.2 Å². The first-order valence-electron chi connectivity index (χ1n) is 11.2. The maximum absolute atomic E-state index is 13.1. The normalized spacial score (nSPS) is 19.0. The number of anilines is 2. The van der Waals surface area contributed by atoms with Gasteiger partial charge in [-0.05, 0) is 30.3 Å². The van der Waals surface area contributed by atoms with Crippen molar-refractivity contribution in [3.05, 3.63) is 58.6 Å². The summed E-state index contributed by atoms with van der Waals surface area (Å²) in [6.45, 7) is 3.94. The zero-order valence-electron chi connectivity index (χ0n) is 18.7. The Kier molecular flexibility index (Phi) is 7.92. The first-order chi connectivity index (χ1) is 16.4. The molecule has 0 aliphatic carbocycles. The molecule has 2 fully saturated rings. The fraction of sp³-hybridized carbons (Fsp3) is 0.375. The summed E-state index contributed by atoms with van der Waals surface area (Å²) in [5.41, 5.74) is 1.54. The molecule has 2 aromatic carbocycles. The summed E-state index contributed by atoms with van der Waals surface area (Å²) >= 11 is 12.2. The summed E-state index contributed by atoms with van der Waals surface area (Å²) < 4.78 is 0. The van der Waals surface area contributed by atoms with Crippen LogP contribution in [0.15, 0.2) is 48.5 Å². The van der Waals surface area contributed by atoms with E-state index in [4.69, 9.17) is 23.2 Å². The number of nitrogens with zero attached hydrogens (tertiary/aromatic N) is 3. The zero-order chi connectivity index (χ0) is 24.1. The summed E-state index contributed by atoms with van der Waals surface area (Å²) in [7, 11) is 0. The van der Waals surface area contributed by atoms with Crippen LogP contribution in [0.2, 0.25) is 10.0 Å². The van der Waals surface area contributed by atoms with Gasteiger partial charge in [0.15, 0.2) is 0 Å². The SMILES string of the molecule is O=C(C[C@@H]1C(=O)NCCN1C(=O)CN1CCN(c2cccc(Cl)c2)CC1)Nc1ccccc1Cl. The second-order valence-corrected chi connectivity index (χ2v) is 9.21. The molecule has 10 heteroatoms. The van der Waals surface area contributed by atoms with E-state index in [1.165, 1.54) is 4.90 Å². The quantitative estimate of drug-likeness (QED) is 0.632. The molecule has 8 nitrogen and oxygen atoms in total. The van der Waals surface area contributed by atoms with E-state index in [0.29, 0.717) is 28.8 Å². The number of amides is 3. The van der Waals surface area contributed by atoms with Gasteiger partial charge in [0.1, 0.15) is 6.04 Å². The molecule has 2 heterocycles. The number of hydrogen-bond acceptors (Lipinski definition) is 5. The molecule has 2 saturated heterocycles. The molecule has 0 saturated carbocycles. The van der Waals surface area contributed by atoms with Gasteiger partial charge in [0.05, 0.1) is 23.7 Å². The van der Waals surface area contributed by atoms with E-state index in [2.05, 4.69) is 20.4 Å².